The van der Waals surface area contributed by atoms with Crippen LogP contribution in [0.1, 0.15) is 52.7 Å². The summed E-state index contributed by atoms with van der Waals surface area (Å²) in [4.78, 5) is 2.35. The Bertz CT molecular complexity index is 630. The number of hydrogen-bond acceptors (Lipinski definition) is 5. The van der Waals surface area contributed by atoms with Gasteiger partial charge in [0.25, 0.3) is 0 Å². The maximum Gasteiger partial charge on any atom is 0.525 e. The number of aromatic nitrogens is 3. The van der Waals surface area contributed by atoms with Gasteiger partial charge < -0.3 is 14.2 Å². The van der Waals surface area contributed by atoms with Gasteiger partial charge in [-0.2, -0.15) is 0 Å². The summed E-state index contributed by atoms with van der Waals surface area (Å²) in [6.45, 7) is 9.49. The van der Waals surface area contributed by atoms with Crippen LogP contribution in [0, 0.1) is 0 Å². The molecule has 2 saturated heterocycles. The maximum absolute atomic E-state index is 14.5. The third-order valence-corrected chi connectivity index (χ3v) is 5.64. The molecule has 0 N–H and O–H groups in total. The minimum absolute atomic E-state index is 0.459. The second-order valence-corrected chi connectivity index (χ2v) is 8.11. The second kappa shape index (κ2) is 6.81. The third-order valence-electron chi connectivity index (χ3n) is 5.64. The number of likely N-dealkylation sites (N-methyl/N-ethyl adjacent to an activating group) is 1. The van der Waals surface area contributed by atoms with Crippen LogP contribution in [0.3, 0.4) is 0 Å². The van der Waals surface area contributed by atoms with Crippen LogP contribution in [0.4, 0.5) is 4.39 Å². The molecule has 1 atom stereocenters. The maximum atomic E-state index is 14.5. The highest BCUT2D eigenvalue weighted by Crippen LogP contribution is 2.38. The fourth-order valence-corrected chi connectivity index (χ4v) is 3.22. The van der Waals surface area contributed by atoms with Crippen molar-refractivity contribution in [2.24, 2.45) is 0 Å². The van der Waals surface area contributed by atoms with Crippen LogP contribution in [0.5, 0.6) is 0 Å². The number of halogens is 1. The highest BCUT2D eigenvalue weighted by atomic mass is 19.1. The third kappa shape index (κ3) is 3.96. The monoisotopic (exact) mass is 350 g/mol. The molecule has 0 aromatic carbocycles. The number of piperidine rings is 1. The van der Waals surface area contributed by atoms with Gasteiger partial charge in [-0.25, -0.2) is 4.39 Å². The summed E-state index contributed by atoms with van der Waals surface area (Å²) < 4.78 is 27.8. The Kier molecular flexibility index (Phi) is 5.05. The standard InChI is InChI=1S/C17H28BFN4O2/c1-16(2)17(3,4)25-18(24-16)15(19)10-13-11-23(21-20-13)12-14-8-6-7-9-22(14)5/h10-11,14H,6-9,12H2,1-5H3. The molecule has 0 spiro atoms. The molecule has 3 heterocycles. The number of rotatable bonds is 4. The molecule has 25 heavy (non-hydrogen) atoms. The van der Waals surface area contributed by atoms with Crippen molar-refractivity contribution in [2.45, 2.75) is 70.7 Å². The number of likely N-dealkylation sites (tertiary alicyclic amines) is 1. The van der Waals surface area contributed by atoms with Crippen molar-refractivity contribution in [2.75, 3.05) is 13.6 Å². The summed E-state index contributed by atoms with van der Waals surface area (Å²) in [5.74, 6) is 0. The lowest BCUT2D eigenvalue weighted by Gasteiger charge is -2.32. The van der Waals surface area contributed by atoms with Crippen molar-refractivity contribution in [1.29, 1.82) is 0 Å². The molecule has 0 radical (unpaired) electrons. The first-order chi connectivity index (χ1) is 11.7. The fraction of sp³-hybridized carbons (Fsp3) is 0.765. The van der Waals surface area contributed by atoms with Crippen LogP contribution < -0.4 is 0 Å². The first-order valence-electron chi connectivity index (χ1n) is 9.01. The van der Waals surface area contributed by atoms with Crippen LogP contribution in [-0.4, -0.2) is 57.8 Å². The molecule has 3 rings (SSSR count). The summed E-state index contributed by atoms with van der Waals surface area (Å²) >= 11 is 0. The van der Waals surface area contributed by atoms with E-state index in [1.54, 1.807) is 10.9 Å². The number of hydrogen-bond donors (Lipinski definition) is 0. The molecule has 1 aromatic heterocycles. The van der Waals surface area contributed by atoms with E-state index in [0.29, 0.717) is 11.7 Å². The lowest BCUT2D eigenvalue weighted by atomic mass is 9.87. The van der Waals surface area contributed by atoms with E-state index in [0.717, 1.165) is 19.5 Å². The van der Waals surface area contributed by atoms with E-state index in [1.165, 1.54) is 18.9 Å². The van der Waals surface area contributed by atoms with Crippen molar-refractivity contribution in [3.63, 3.8) is 0 Å². The smallest absolute Gasteiger partial charge is 0.398 e. The van der Waals surface area contributed by atoms with E-state index in [-0.39, 0.29) is 0 Å². The van der Waals surface area contributed by atoms with Crippen LogP contribution in [0.15, 0.2) is 11.9 Å². The van der Waals surface area contributed by atoms with Crippen molar-refractivity contribution in [3.8, 4) is 0 Å². The van der Waals surface area contributed by atoms with Gasteiger partial charge in [-0.1, -0.05) is 11.6 Å². The van der Waals surface area contributed by atoms with Gasteiger partial charge in [0.15, 0.2) is 0 Å². The van der Waals surface area contributed by atoms with Gasteiger partial charge in [0.2, 0.25) is 0 Å². The molecule has 1 unspecified atom stereocenters. The lowest BCUT2D eigenvalue weighted by molar-refractivity contribution is 0.00578. The Morgan fingerprint density at radius 2 is 2.00 bits per heavy atom. The van der Waals surface area contributed by atoms with Gasteiger partial charge in [-0.05, 0) is 60.2 Å². The largest absolute Gasteiger partial charge is 0.525 e. The Labute approximate surface area is 149 Å². The summed E-state index contributed by atoms with van der Waals surface area (Å²) in [6, 6.07) is 0.459. The molecule has 0 saturated carbocycles. The summed E-state index contributed by atoms with van der Waals surface area (Å²) in [5, 5.41) is 8.19. The zero-order valence-corrected chi connectivity index (χ0v) is 15.8. The zero-order valence-electron chi connectivity index (χ0n) is 15.8. The molecule has 8 heteroatoms. The van der Waals surface area contributed by atoms with Gasteiger partial charge in [-0.3, -0.25) is 4.68 Å². The van der Waals surface area contributed by atoms with Crippen LogP contribution in [-0.2, 0) is 15.9 Å². The van der Waals surface area contributed by atoms with E-state index in [4.69, 9.17) is 9.31 Å². The Morgan fingerprint density at radius 1 is 1.32 bits per heavy atom. The van der Waals surface area contributed by atoms with Crippen molar-refractivity contribution >= 4 is 13.2 Å². The highest BCUT2D eigenvalue weighted by Gasteiger charge is 2.53. The van der Waals surface area contributed by atoms with Crippen LogP contribution >= 0.6 is 0 Å². The topological polar surface area (TPSA) is 52.4 Å². The molecule has 0 bridgehead atoms. The molecule has 2 aliphatic heterocycles. The summed E-state index contributed by atoms with van der Waals surface area (Å²) in [6.07, 6.45) is 6.76. The molecule has 0 amide bonds. The lowest BCUT2D eigenvalue weighted by Crippen LogP contribution is -2.41. The highest BCUT2D eigenvalue weighted by molar-refractivity contribution is 6.54. The minimum Gasteiger partial charge on any atom is -0.398 e. The van der Waals surface area contributed by atoms with E-state index >= 15 is 0 Å². The zero-order chi connectivity index (χ0) is 18.2. The van der Waals surface area contributed by atoms with Gasteiger partial charge in [0, 0.05) is 6.04 Å². The SMILES string of the molecule is CN1CCCCC1Cn1cc(C=C(F)B2OC(C)(C)C(C)(C)O2)nn1. The number of nitrogens with zero attached hydrogens (tertiary/aromatic N) is 4. The predicted octanol–water partition coefficient (Wildman–Crippen LogP) is 2.70. The van der Waals surface area contributed by atoms with E-state index < -0.39 is 24.0 Å². The fourth-order valence-electron chi connectivity index (χ4n) is 3.22. The first-order valence-corrected chi connectivity index (χ1v) is 9.01. The van der Waals surface area contributed by atoms with E-state index in [2.05, 4.69) is 22.3 Å². The van der Waals surface area contributed by atoms with Crippen molar-refractivity contribution in [1.82, 2.24) is 19.9 Å². The minimum atomic E-state index is -1.00. The Balaban J connectivity index is 1.65. The van der Waals surface area contributed by atoms with E-state index in [1.807, 2.05) is 27.7 Å². The molecular formula is C17H28BFN4O2. The summed E-state index contributed by atoms with van der Waals surface area (Å²) in [7, 11) is 1.14. The quantitative estimate of drug-likeness (QED) is 0.782. The second-order valence-electron chi connectivity index (χ2n) is 8.11. The molecular weight excluding hydrogens is 322 g/mol. The van der Waals surface area contributed by atoms with E-state index in [9.17, 15) is 4.39 Å². The van der Waals surface area contributed by atoms with Crippen molar-refractivity contribution in [3.05, 3.63) is 17.6 Å². The van der Waals surface area contributed by atoms with Crippen LogP contribution in [0.25, 0.3) is 6.08 Å². The molecule has 6 nitrogen and oxygen atoms in total. The van der Waals surface area contributed by atoms with Crippen LogP contribution in [0.2, 0.25) is 0 Å². The van der Waals surface area contributed by atoms with Crippen molar-refractivity contribution < 1.29 is 13.7 Å². The average Bonchev–Trinajstić information content (AvgIpc) is 3.03. The predicted molar refractivity (Wildman–Crippen MR) is 95.5 cm³/mol. The van der Waals surface area contributed by atoms with Gasteiger partial charge in [0.1, 0.15) is 11.4 Å². The molecule has 2 aliphatic rings. The normalized spacial score (nSPS) is 27.0. The summed E-state index contributed by atoms with van der Waals surface area (Å²) in [5.41, 5.74) is -1.14. The first kappa shape index (κ1) is 18.5. The molecule has 2 fully saturated rings. The molecule has 1 aromatic rings. The average molecular weight is 350 g/mol. The Hall–Kier alpha value is -1.25. The van der Waals surface area contributed by atoms with Gasteiger partial charge in [0.05, 0.1) is 23.9 Å². The van der Waals surface area contributed by atoms with Gasteiger partial charge in [-0.15, -0.1) is 5.10 Å². The molecule has 0 aliphatic carbocycles. The molecule has 138 valence electrons. The Morgan fingerprint density at radius 3 is 2.64 bits per heavy atom. The van der Waals surface area contributed by atoms with Gasteiger partial charge >= 0.3 is 7.12 Å².